The Bertz CT molecular complexity index is 1680. The average Bonchev–Trinajstić information content (AvgIpc) is 3.78. The Morgan fingerprint density at radius 2 is 1.77 bits per heavy atom. The topological polar surface area (TPSA) is 88.5 Å². The third-order valence-electron chi connectivity index (χ3n) is 9.76. The maximum atomic E-state index is 15.3. The predicted molar refractivity (Wildman–Crippen MR) is 168 cm³/mol. The fourth-order valence-electron chi connectivity index (χ4n) is 7.49. The van der Waals surface area contributed by atoms with Crippen LogP contribution in [0.2, 0.25) is 0 Å². The first-order valence-corrected chi connectivity index (χ1v) is 15.6. The van der Waals surface area contributed by atoms with Gasteiger partial charge in [-0.05, 0) is 73.7 Å². The number of aromatic nitrogens is 2. The molecular weight excluding hydrogens is 557 g/mol. The number of aryl methyl sites for hydroxylation is 2. The van der Waals surface area contributed by atoms with E-state index in [1.165, 1.54) is 18.9 Å². The molecule has 0 bridgehead atoms. The molecule has 9 heteroatoms. The molecule has 228 valence electrons. The Balaban J connectivity index is 1.27. The van der Waals surface area contributed by atoms with Gasteiger partial charge in [-0.2, -0.15) is 5.10 Å². The van der Waals surface area contributed by atoms with E-state index in [1.54, 1.807) is 34.8 Å². The first-order chi connectivity index (χ1) is 21.4. The van der Waals surface area contributed by atoms with E-state index < -0.39 is 23.7 Å². The number of halogens is 1. The number of fused-ring (bicyclic) bond motifs is 2. The Hall–Kier alpha value is -4.24. The lowest BCUT2D eigenvalue weighted by Gasteiger charge is -2.47. The van der Waals surface area contributed by atoms with E-state index in [-0.39, 0.29) is 23.4 Å². The third kappa shape index (κ3) is 5.23. The van der Waals surface area contributed by atoms with Crippen LogP contribution in [0.4, 0.5) is 15.8 Å². The summed E-state index contributed by atoms with van der Waals surface area (Å²) in [6, 6.07) is 18.1. The fourth-order valence-corrected chi connectivity index (χ4v) is 7.49. The molecule has 3 heterocycles. The highest BCUT2D eigenvalue weighted by Gasteiger charge is 2.51. The molecule has 2 aliphatic heterocycles. The molecule has 1 aliphatic carbocycles. The van der Waals surface area contributed by atoms with Crippen molar-refractivity contribution in [2.24, 2.45) is 18.9 Å². The summed E-state index contributed by atoms with van der Waals surface area (Å²) in [5.74, 6) is -1.76. The van der Waals surface area contributed by atoms with Crippen LogP contribution in [-0.2, 0) is 16.6 Å². The van der Waals surface area contributed by atoms with Gasteiger partial charge in [-0.25, -0.2) is 4.39 Å². The highest BCUT2D eigenvalue weighted by molar-refractivity contribution is 5.99. The molecule has 4 atom stereocenters. The van der Waals surface area contributed by atoms with E-state index in [9.17, 15) is 9.59 Å². The summed E-state index contributed by atoms with van der Waals surface area (Å²) in [7, 11) is 1.88. The second-order valence-corrected chi connectivity index (χ2v) is 12.6. The van der Waals surface area contributed by atoms with Gasteiger partial charge in [0.25, 0.3) is 5.91 Å². The first-order valence-electron chi connectivity index (χ1n) is 15.6. The van der Waals surface area contributed by atoms with E-state index in [0.717, 1.165) is 35.0 Å². The number of piperidine rings is 1. The second kappa shape index (κ2) is 11.7. The van der Waals surface area contributed by atoms with Gasteiger partial charge in [-0.3, -0.25) is 14.3 Å². The Labute approximate surface area is 256 Å². The number of ether oxygens (including phenoxy) is 1. The summed E-state index contributed by atoms with van der Waals surface area (Å²) in [6.45, 7) is 2.56. The van der Waals surface area contributed by atoms with Crippen molar-refractivity contribution >= 4 is 34.1 Å². The van der Waals surface area contributed by atoms with E-state index in [1.807, 2.05) is 49.5 Å². The Morgan fingerprint density at radius 3 is 2.55 bits per heavy atom. The van der Waals surface area contributed by atoms with Gasteiger partial charge < -0.3 is 20.3 Å². The van der Waals surface area contributed by atoms with Gasteiger partial charge in [0.05, 0.1) is 48.5 Å². The average molecular weight is 596 g/mol. The summed E-state index contributed by atoms with van der Waals surface area (Å²) in [4.78, 5) is 30.4. The molecule has 3 fully saturated rings. The highest BCUT2D eigenvalue weighted by atomic mass is 19.1. The van der Waals surface area contributed by atoms with Crippen LogP contribution in [0.15, 0.2) is 66.9 Å². The highest BCUT2D eigenvalue weighted by Crippen LogP contribution is 2.46. The summed E-state index contributed by atoms with van der Waals surface area (Å²) in [5, 5.41) is 12.0. The Kier molecular flexibility index (Phi) is 7.58. The van der Waals surface area contributed by atoms with Crippen molar-refractivity contribution in [3.63, 3.8) is 0 Å². The number of nitrogens with zero attached hydrogens (tertiary/aromatic N) is 3. The van der Waals surface area contributed by atoms with Crippen LogP contribution in [0.3, 0.4) is 0 Å². The summed E-state index contributed by atoms with van der Waals surface area (Å²) >= 11 is 0. The SMILES string of the molecule is Cc1cccc(F)c1C(=O)N1C2COCC2CC(C(=O)Nc2ccc3c(cnn3C)c2)C1c1ccc(NC2CCCC2)cc1. The van der Waals surface area contributed by atoms with E-state index in [2.05, 4.69) is 15.7 Å². The number of carbonyl (C=O) groups excluding carboxylic acids is 2. The van der Waals surface area contributed by atoms with Crippen molar-refractivity contribution < 1.29 is 18.7 Å². The molecule has 1 saturated carbocycles. The van der Waals surface area contributed by atoms with Crippen molar-refractivity contribution in [2.45, 2.75) is 57.2 Å². The lowest BCUT2D eigenvalue weighted by atomic mass is 9.76. The van der Waals surface area contributed by atoms with Crippen molar-refractivity contribution in [1.29, 1.82) is 0 Å². The van der Waals surface area contributed by atoms with Gasteiger partial charge in [-0.1, -0.05) is 37.1 Å². The van der Waals surface area contributed by atoms with Gasteiger partial charge in [0.1, 0.15) is 5.82 Å². The zero-order chi connectivity index (χ0) is 30.4. The quantitative estimate of drug-likeness (QED) is 0.276. The standard InChI is InChI=1S/C35H38FN5O3/c1-21-6-5-9-29(36)32(21)35(43)41-31-20-44-19-24(31)17-28(34(42)39-27-14-15-30-23(16-27)18-37-40(30)2)33(41)22-10-12-26(13-11-22)38-25-7-3-4-8-25/h5-6,9-16,18,24-25,28,31,33,38H,3-4,7-8,17,19-20H2,1-2H3,(H,39,42). The number of rotatable bonds is 6. The van der Waals surface area contributed by atoms with E-state index >= 15 is 4.39 Å². The van der Waals surface area contributed by atoms with Crippen molar-refractivity contribution in [3.05, 3.63) is 89.4 Å². The zero-order valence-electron chi connectivity index (χ0n) is 25.1. The van der Waals surface area contributed by atoms with Crippen LogP contribution >= 0.6 is 0 Å². The molecule has 2 saturated heterocycles. The molecule has 44 heavy (non-hydrogen) atoms. The van der Waals surface area contributed by atoms with E-state index in [0.29, 0.717) is 36.9 Å². The smallest absolute Gasteiger partial charge is 0.257 e. The molecule has 8 nitrogen and oxygen atoms in total. The number of amides is 2. The second-order valence-electron chi connectivity index (χ2n) is 12.6. The summed E-state index contributed by atoms with van der Waals surface area (Å²) in [5.41, 5.74) is 4.11. The minimum Gasteiger partial charge on any atom is -0.382 e. The molecule has 2 amide bonds. The van der Waals surface area contributed by atoms with Crippen LogP contribution in [0, 0.1) is 24.6 Å². The molecule has 0 spiro atoms. The third-order valence-corrected chi connectivity index (χ3v) is 9.76. The maximum absolute atomic E-state index is 15.3. The molecular formula is C35H38FN5O3. The van der Waals surface area contributed by atoms with Crippen molar-refractivity contribution in [3.8, 4) is 0 Å². The summed E-state index contributed by atoms with van der Waals surface area (Å²) < 4.78 is 23.0. The minimum atomic E-state index is -0.605. The molecule has 3 aliphatic rings. The monoisotopic (exact) mass is 595 g/mol. The van der Waals surface area contributed by atoms with Crippen LogP contribution < -0.4 is 10.6 Å². The number of likely N-dealkylation sites (tertiary alicyclic amines) is 1. The van der Waals surface area contributed by atoms with Gasteiger partial charge >= 0.3 is 0 Å². The predicted octanol–water partition coefficient (Wildman–Crippen LogP) is 6.23. The number of hydrogen-bond donors (Lipinski definition) is 2. The molecule has 7 rings (SSSR count). The normalized spacial score (nSPS) is 23.6. The largest absolute Gasteiger partial charge is 0.382 e. The van der Waals surface area contributed by atoms with Crippen LogP contribution in [0.25, 0.3) is 10.9 Å². The molecule has 3 aromatic carbocycles. The van der Waals surface area contributed by atoms with Crippen molar-refractivity contribution in [2.75, 3.05) is 23.8 Å². The zero-order valence-corrected chi connectivity index (χ0v) is 25.1. The van der Waals surface area contributed by atoms with Gasteiger partial charge in [0.15, 0.2) is 0 Å². The molecule has 1 aromatic heterocycles. The maximum Gasteiger partial charge on any atom is 0.257 e. The van der Waals surface area contributed by atoms with Crippen LogP contribution in [0.1, 0.15) is 59.6 Å². The van der Waals surface area contributed by atoms with Gasteiger partial charge in [0.2, 0.25) is 5.91 Å². The van der Waals surface area contributed by atoms with E-state index in [4.69, 9.17) is 4.74 Å². The fraction of sp³-hybridized carbons (Fsp3) is 0.400. The lowest BCUT2D eigenvalue weighted by molar-refractivity contribution is -0.124. The number of nitrogens with one attached hydrogen (secondary N) is 2. The first kappa shape index (κ1) is 28.5. The number of anilines is 2. The Morgan fingerprint density at radius 1 is 1.00 bits per heavy atom. The number of hydrogen-bond acceptors (Lipinski definition) is 5. The molecule has 4 aromatic rings. The molecule has 2 N–H and O–H groups in total. The minimum absolute atomic E-state index is 0.0397. The number of carbonyl (C=O) groups is 2. The molecule has 4 unspecified atom stereocenters. The van der Waals surface area contributed by atoms with Gasteiger partial charge in [0, 0.05) is 35.8 Å². The molecule has 0 radical (unpaired) electrons. The number of benzene rings is 3. The van der Waals surface area contributed by atoms with Crippen LogP contribution in [-0.4, -0.2) is 51.8 Å². The van der Waals surface area contributed by atoms with Gasteiger partial charge in [-0.15, -0.1) is 0 Å². The lowest BCUT2D eigenvalue weighted by Crippen LogP contribution is -2.55. The van der Waals surface area contributed by atoms with Crippen LogP contribution in [0.5, 0.6) is 0 Å². The summed E-state index contributed by atoms with van der Waals surface area (Å²) in [6.07, 6.45) is 7.11. The van der Waals surface area contributed by atoms with Crippen molar-refractivity contribution in [1.82, 2.24) is 14.7 Å².